The lowest BCUT2D eigenvalue weighted by Gasteiger charge is -2.10. The van der Waals surface area contributed by atoms with Crippen LogP contribution in [0.4, 0.5) is 11.5 Å². The lowest BCUT2D eigenvalue weighted by molar-refractivity contribution is -0.114. The Kier molecular flexibility index (Phi) is 5.33. The largest absolute Gasteiger partial charge is 0.492 e. The van der Waals surface area contributed by atoms with E-state index in [1.165, 1.54) is 6.92 Å². The van der Waals surface area contributed by atoms with E-state index in [1.54, 1.807) is 10.6 Å². The van der Waals surface area contributed by atoms with Crippen LogP contribution in [0.1, 0.15) is 6.92 Å². The average molecular weight is 388 g/mol. The maximum atomic E-state index is 11.2. The molecule has 0 radical (unpaired) electrons. The molecule has 8 nitrogen and oxygen atoms in total. The molecule has 2 aromatic carbocycles. The Morgan fingerprint density at radius 1 is 1.03 bits per heavy atom. The predicted octanol–water partition coefficient (Wildman–Crippen LogP) is 3.24. The Labute approximate surface area is 167 Å². The summed E-state index contributed by atoms with van der Waals surface area (Å²) >= 11 is 0. The topological polar surface area (TPSA) is 93.4 Å². The number of ether oxygens (including phenoxy) is 1. The SMILES string of the molecule is CC(=O)Nc1cccc(OCCNc2ccc3nnc(-c4ccccc4)n3n2)c1. The van der Waals surface area contributed by atoms with Gasteiger partial charge in [0.05, 0.1) is 6.54 Å². The van der Waals surface area contributed by atoms with Crippen LogP contribution in [0.5, 0.6) is 5.75 Å². The second-order valence-corrected chi connectivity index (χ2v) is 6.36. The fourth-order valence-electron chi connectivity index (χ4n) is 2.87. The van der Waals surface area contributed by atoms with E-state index in [9.17, 15) is 4.79 Å². The fourth-order valence-corrected chi connectivity index (χ4v) is 2.87. The van der Waals surface area contributed by atoms with E-state index in [0.29, 0.717) is 41.9 Å². The summed E-state index contributed by atoms with van der Waals surface area (Å²) in [7, 11) is 0. The summed E-state index contributed by atoms with van der Waals surface area (Å²) in [6.45, 7) is 2.48. The van der Waals surface area contributed by atoms with Crippen molar-refractivity contribution in [2.24, 2.45) is 0 Å². The van der Waals surface area contributed by atoms with Crippen LogP contribution in [0.3, 0.4) is 0 Å². The van der Waals surface area contributed by atoms with E-state index in [0.717, 1.165) is 5.56 Å². The van der Waals surface area contributed by atoms with Crippen molar-refractivity contribution in [1.82, 2.24) is 19.8 Å². The molecule has 1 amide bonds. The van der Waals surface area contributed by atoms with Gasteiger partial charge in [-0.2, -0.15) is 4.52 Å². The van der Waals surface area contributed by atoms with Gasteiger partial charge in [-0.3, -0.25) is 4.79 Å². The second kappa shape index (κ2) is 8.39. The Morgan fingerprint density at radius 3 is 2.72 bits per heavy atom. The van der Waals surface area contributed by atoms with Gasteiger partial charge >= 0.3 is 0 Å². The molecule has 2 aromatic heterocycles. The molecule has 0 saturated heterocycles. The normalized spacial score (nSPS) is 10.7. The average Bonchev–Trinajstić information content (AvgIpc) is 3.15. The predicted molar refractivity (Wildman–Crippen MR) is 111 cm³/mol. The van der Waals surface area contributed by atoms with Crippen LogP contribution in [0, 0.1) is 0 Å². The quantitative estimate of drug-likeness (QED) is 0.472. The smallest absolute Gasteiger partial charge is 0.221 e. The van der Waals surface area contributed by atoms with Gasteiger partial charge in [0, 0.05) is 24.2 Å². The molecule has 4 aromatic rings. The highest BCUT2D eigenvalue weighted by atomic mass is 16.5. The highest BCUT2D eigenvalue weighted by Crippen LogP contribution is 2.19. The number of aromatic nitrogens is 4. The van der Waals surface area contributed by atoms with Crippen LogP contribution < -0.4 is 15.4 Å². The van der Waals surface area contributed by atoms with Crippen molar-refractivity contribution >= 4 is 23.1 Å². The number of fused-ring (bicyclic) bond motifs is 1. The van der Waals surface area contributed by atoms with Gasteiger partial charge in [-0.05, 0) is 24.3 Å². The third-order valence-corrected chi connectivity index (χ3v) is 4.13. The van der Waals surface area contributed by atoms with Crippen LogP contribution in [0.15, 0.2) is 66.7 Å². The summed E-state index contributed by atoms with van der Waals surface area (Å²) in [4.78, 5) is 11.2. The number of nitrogens with zero attached hydrogens (tertiary/aromatic N) is 4. The van der Waals surface area contributed by atoms with Gasteiger partial charge in [-0.15, -0.1) is 15.3 Å². The molecular weight excluding hydrogens is 368 g/mol. The van der Waals surface area contributed by atoms with Gasteiger partial charge in [0.25, 0.3) is 0 Å². The van der Waals surface area contributed by atoms with Gasteiger partial charge in [0.1, 0.15) is 18.2 Å². The van der Waals surface area contributed by atoms with E-state index >= 15 is 0 Å². The molecule has 4 rings (SSSR count). The first-order valence-corrected chi connectivity index (χ1v) is 9.21. The molecule has 2 heterocycles. The van der Waals surface area contributed by atoms with Crippen LogP contribution in [0.2, 0.25) is 0 Å². The molecule has 0 fully saturated rings. The lowest BCUT2D eigenvalue weighted by atomic mass is 10.2. The van der Waals surface area contributed by atoms with E-state index in [1.807, 2.05) is 60.7 Å². The van der Waals surface area contributed by atoms with Crippen molar-refractivity contribution < 1.29 is 9.53 Å². The summed E-state index contributed by atoms with van der Waals surface area (Å²) in [5, 5.41) is 19.0. The van der Waals surface area contributed by atoms with Gasteiger partial charge in [-0.1, -0.05) is 36.4 Å². The third kappa shape index (κ3) is 4.49. The molecule has 29 heavy (non-hydrogen) atoms. The first-order valence-electron chi connectivity index (χ1n) is 9.21. The van der Waals surface area contributed by atoms with Gasteiger partial charge < -0.3 is 15.4 Å². The van der Waals surface area contributed by atoms with Crippen LogP contribution in [0.25, 0.3) is 17.0 Å². The molecule has 0 unspecified atom stereocenters. The lowest BCUT2D eigenvalue weighted by Crippen LogP contribution is -2.13. The molecule has 0 aliphatic carbocycles. The maximum absolute atomic E-state index is 11.2. The number of amides is 1. The highest BCUT2D eigenvalue weighted by Gasteiger charge is 2.09. The molecule has 0 saturated carbocycles. The molecular formula is C21H20N6O2. The van der Waals surface area contributed by atoms with Crippen molar-refractivity contribution in [2.75, 3.05) is 23.8 Å². The number of anilines is 2. The number of nitrogens with one attached hydrogen (secondary N) is 2. The van der Waals surface area contributed by atoms with Crippen LogP contribution >= 0.6 is 0 Å². The molecule has 8 heteroatoms. The number of hydrogen-bond donors (Lipinski definition) is 2. The van der Waals surface area contributed by atoms with Crippen LogP contribution in [-0.2, 0) is 4.79 Å². The number of carbonyl (C=O) groups is 1. The zero-order chi connectivity index (χ0) is 20.1. The number of benzene rings is 2. The van der Waals surface area contributed by atoms with Crippen molar-refractivity contribution in [3.05, 3.63) is 66.7 Å². The Bertz CT molecular complexity index is 1130. The van der Waals surface area contributed by atoms with Crippen molar-refractivity contribution in [3.8, 4) is 17.1 Å². The van der Waals surface area contributed by atoms with Gasteiger partial charge in [0.2, 0.25) is 5.91 Å². The number of rotatable bonds is 7. The van der Waals surface area contributed by atoms with E-state index in [-0.39, 0.29) is 5.91 Å². The van der Waals surface area contributed by atoms with E-state index in [4.69, 9.17) is 4.74 Å². The summed E-state index contributed by atoms with van der Waals surface area (Å²) in [5.74, 6) is 1.96. The molecule has 2 N–H and O–H groups in total. The van der Waals surface area contributed by atoms with E-state index < -0.39 is 0 Å². The first kappa shape index (κ1) is 18.4. The molecule has 0 aliphatic heterocycles. The van der Waals surface area contributed by atoms with E-state index in [2.05, 4.69) is 25.9 Å². The zero-order valence-electron chi connectivity index (χ0n) is 15.9. The summed E-state index contributed by atoms with van der Waals surface area (Å²) < 4.78 is 7.46. The Morgan fingerprint density at radius 2 is 1.90 bits per heavy atom. The monoisotopic (exact) mass is 388 g/mol. The van der Waals surface area contributed by atoms with Crippen molar-refractivity contribution in [2.45, 2.75) is 6.92 Å². The third-order valence-electron chi connectivity index (χ3n) is 4.13. The van der Waals surface area contributed by atoms with Gasteiger partial charge in [-0.25, -0.2) is 0 Å². The Balaban J connectivity index is 1.38. The summed E-state index contributed by atoms with van der Waals surface area (Å²) in [6.07, 6.45) is 0. The second-order valence-electron chi connectivity index (χ2n) is 6.36. The van der Waals surface area contributed by atoms with Crippen molar-refractivity contribution in [3.63, 3.8) is 0 Å². The zero-order valence-corrected chi connectivity index (χ0v) is 15.9. The highest BCUT2D eigenvalue weighted by molar-refractivity contribution is 5.88. The van der Waals surface area contributed by atoms with Crippen molar-refractivity contribution in [1.29, 1.82) is 0 Å². The molecule has 0 spiro atoms. The summed E-state index contributed by atoms with van der Waals surface area (Å²) in [5.41, 5.74) is 2.34. The Hall–Kier alpha value is -3.94. The minimum Gasteiger partial charge on any atom is -0.492 e. The fraction of sp³-hybridized carbons (Fsp3) is 0.143. The molecule has 146 valence electrons. The summed E-state index contributed by atoms with van der Waals surface area (Å²) in [6, 6.07) is 20.8. The number of hydrogen-bond acceptors (Lipinski definition) is 6. The minimum absolute atomic E-state index is 0.117. The number of carbonyl (C=O) groups excluding carboxylic acids is 1. The molecule has 0 atom stereocenters. The molecule has 0 bridgehead atoms. The van der Waals surface area contributed by atoms with Gasteiger partial charge in [0.15, 0.2) is 11.5 Å². The standard InChI is InChI=1S/C21H20N6O2/c1-15(28)23-17-8-5-9-18(14-17)29-13-12-22-19-10-11-20-24-25-21(27(20)26-19)16-6-3-2-4-7-16/h2-11,14H,12-13H2,1H3,(H,22,26)(H,23,28). The molecule has 0 aliphatic rings. The first-order chi connectivity index (χ1) is 14.2. The minimum atomic E-state index is -0.117. The van der Waals surface area contributed by atoms with Crippen LogP contribution in [-0.4, -0.2) is 38.9 Å². The maximum Gasteiger partial charge on any atom is 0.221 e.